The Bertz CT molecular complexity index is 267. The molecular weight excluding hydrogens is 214 g/mol. The van der Waals surface area contributed by atoms with Gasteiger partial charge in [-0.3, -0.25) is 0 Å². The third-order valence-electron chi connectivity index (χ3n) is 2.07. The Labute approximate surface area is 93.0 Å². The summed E-state index contributed by atoms with van der Waals surface area (Å²) >= 11 is 0. The van der Waals surface area contributed by atoms with Gasteiger partial charge >= 0.3 is 0 Å². The Kier molecular flexibility index (Phi) is 5.77. The molecule has 0 amide bonds. The van der Waals surface area contributed by atoms with E-state index in [0.717, 1.165) is 0 Å². The molecule has 0 saturated carbocycles. The number of rotatable bonds is 6. The fourth-order valence-corrected chi connectivity index (χ4v) is 1.91. The van der Waals surface area contributed by atoms with E-state index in [-0.39, 0.29) is 17.0 Å². The first-order valence-corrected chi connectivity index (χ1v) is 7.12. The summed E-state index contributed by atoms with van der Waals surface area (Å²) in [6, 6.07) is 0. The smallest absolute Gasteiger partial charge is 0.150 e. The van der Waals surface area contributed by atoms with Crippen molar-refractivity contribution in [2.75, 3.05) is 18.1 Å². The minimum atomic E-state index is -2.96. The zero-order chi connectivity index (χ0) is 12.1. The summed E-state index contributed by atoms with van der Waals surface area (Å²) < 4.78 is 22.3. The van der Waals surface area contributed by atoms with E-state index in [9.17, 15) is 13.5 Å². The van der Waals surface area contributed by atoms with Gasteiger partial charge in [0.1, 0.15) is 9.84 Å². The zero-order valence-corrected chi connectivity index (χ0v) is 10.9. The first-order chi connectivity index (χ1) is 6.66. The predicted molar refractivity (Wildman–Crippen MR) is 62.7 cm³/mol. The van der Waals surface area contributed by atoms with E-state index in [1.165, 1.54) is 0 Å². The molecule has 4 nitrogen and oxygen atoms in total. The molecule has 0 saturated heterocycles. The van der Waals surface area contributed by atoms with Crippen molar-refractivity contribution in [2.45, 2.75) is 45.8 Å². The Morgan fingerprint density at radius 3 is 2.27 bits per heavy atom. The van der Waals surface area contributed by atoms with Crippen LogP contribution in [0.3, 0.4) is 0 Å². The summed E-state index contributed by atoms with van der Waals surface area (Å²) in [4.78, 5) is 0. The topological polar surface area (TPSA) is 66.4 Å². The Morgan fingerprint density at radius 1 is 1.33 bits per heavy atom. The first-order valence-electron chi connectivity index (χ1n) is 5.30. The van der Waals surface area contributed by atoms with Crippen LogP contribution in [0.2, 0.25) is 0 Å². The average Bonchev–Trinajstić information content (AvgIpc) is 2.10. The second-order valence-electron chi connectivity index (χ2n) is 4.81. The minimum Gasteiger partial charge on any atom is -0.392 e. The maximum absolute atomic E-state index is 11.2. The van der Waals surface area contributed by atoms with Gasteiger partial charge < -0.3 is 10.4 Å². The monoisotopic (exact) mass is 237 g/mol. The van der Waals surface area contributed by atoms with E-state index >= 15 is 0 Å². The largest absolute Gasteiger partial charge is 0.392 e. The van der Waals surface area contributed by atoms with E-state index in [0.29, 0.717) is 13.0 Å². The van der Waals surface area contributed by atoms with Crippen LogP contribution in [0.25, 0.3) is 0 Å². The van der Waals surface area contributed by atoms with Gasteiger partial charge in [0.2, 0.25) is 0 Å². The van der Waals surface area contributed by atoms with Crippen LogP contribution in [0.1, 0.15) is 34.1 Å². The maximum Gasteiger partial charge on any atom is 0.150 e. The van der Waals surface area contributed by atoms with Crippen molar-refractivity contribution >= 4 is 9.84 Å². The van der Waals surface area contributed by atoms with Gasteiger partial charge in [-0.05, 0) is 27.2 Å². The summed E-state index contributed by atoms with van der Waals surface area (Å²) in [5.74, 6) is 0.211. The molecule has 2 N–H and O–H groups in total. The molecule has 1 unspecified atom stereocenters. The molecule has 0 aliphatic rings. The molecule has 5 heteroatoms. The second-order valence-corrected chi connectivity index (χ2v) is 7.28. The Morgan fingerprint density at radius 2 is 1.87 bits per heavy atom. The standard InChI is InChI=1S/C10H23NO3S/c1-5-15(13,14)7-6-9(12)8-11-10(2,3)4/h9,11-12H,5-8H2,1-4H3. The number of β-amino-alcohol motifs (C(OH)–C–C–N with tert-alkyl or cyclic N) is 1. The maximum atomic E-state index is 11.2. The highest BCUT2D eigenvalue weighted by molar-refractivity contribution is 7.91. The number of hydrogen-bond acceptors (Lipinski definition) is 4. The molecule has 0 spiro atoms. The summed E-state index contributed by atoms with van der Waals surface area (Å²) in [6.07, 6.45) is -0.287. The predicted octanol–water partition coefficient (Wildman–Crippen LogP) is 0.560. The van der Waals surface area contributed by atoms with Crippen LogP contribution in [-0.4, -0.2) is 43.2 Å². The summed E-state index contributed by atoms with van der Waals surface area (Å²) in [5.41, 5.74) is -0.0510. The van der Waals surface area contributed by atoms with Crippen molar-refractivity contribution < 1.29 is 13.5 Å². The number of hydrogen-bond donors (Lipinski definition) is 2. The van der Waals surface area contributed by atoms with Crippen LogP contribution in [0.5, 0.6) is 0 Å². The quantitative estimate of drug-likeness (QED) is 0.708. The molecule has 0 heterocycles. The van der Waals surface area contributed by atoms with E-state index in [1.807, 2.05) is 20.8 Å². The Balaban J connectivity index is 3.81. The zero-order valence-electron chi connectivity index (χ0n) is 10.1. The van der Waals surface area contributed by atoms with Gasteiger partial charge in [0, 0.05) is 17.8 Å². The first kappa shape index (κ1) is 14.9. The highest BCUT2D eigenvalue weighted by atomic mass is 32.2. The molecule has 0 rings (SSSR count). The van der Waals surface area contributed by atoms with Gasteiger partial charge in [0.15, 0.2) is 0 Å². The highest BCUT2D eigenvalue weighted by Crippen LogP contribution is 2.02. The Hall–Kier alpha value is -0.130. The molecule has 0 aromatic heterocycles. The lowest BCUT2D eigenvalue weighted by Crippen LogP contribution is -2.41. The fourth-order valence-electron chi connectivity index (χ4n) is 0.986. The van der Waals surface area contributed by atoms with Crippen molar-refractivity contribution in [2.24, 2.45) is 0 Å². The van der Waals surface area contributed by atoms with E-state index in [1.54, 1.807) is 6.92 Å². The van der Waals surface area contributed by atoms with Crippen LogP contribution in [0, 0.1) is 0 Å². The molecule has 1 atom stereocenters. The van der Waals surface area contributed by atoms with Crippen LogP contribution in [0.4, 0.5) is 0 Å². The van der Waals surface area contributed by atoms with Gasteiger partial charge in [0.25, 0.3) is 0 Å². The molecule has 0 bridgehead atoms. The molecule has 0 aliphatic carbocycles. The van der Waals surface area contributed by atoms with Gasteiger partial charge in [-0.1, -0.05) is 6.92 Å². The van der Waals surface area contributed by atoms with Crippen LogP contribution in [-0.2, 0) is 9.84 Å². The van der Waals surface area contributed by atoms with Gasteiger partial charge in [0.05, 0.1) is 11.9 Å². The molecule has 0 radical (unpaired) electrons. The molecule has 0 aromatic carbocycles. The summed E-state index contributed by atoms with van der Waals surface area (Å²) in [6.45, 7) is 8.06. The molecule has 0 fully saturated rings. The van der Waals surface area contributed by atoms with Crippen LogP contribution >= 0.6 is 0 Å². The van der Waals surface area contributed by atoms with Gasteiger partial charge in [-0.2, -0.15) is 0 Å². The average molecular weight is 237 g/mol. The second kappa shape index (κ2) is 5.82. The lowest BCUT2D eigenvalue weighted by atomic mass is 10.1. The normalized spacial score (nSPS) is 15.3. The molecule has 92 valence electrons. The van der Waals surface area contributed by atoms with Crippen LogP contribution in [0.15, 0.2) is 0 Å². The lowest BCUT2D eigenvalue weighted by molar-refractivity contribution is 0.157. The molecule has 15 heavy (non-hydrogen) atoms. The van der Waals surface area contributed by atoms with Crippen molar-refractivity contribution in [3.63, 3.8) is 0 Å². The van der Waals surface area contributed by atoms with Crippen molar-refractivity contribution in [1.82, 2.24) is 5.32 Å². The van der Waals surface area contributed by atoms with E-state index < -0.39 is 15.9 Å². The van der Waals surface area contributed by atoms with Crippen molar-refractivity contribution in [3.8, 4) is 0 Å². The molecule has 0 aromatic rings. The van der Waals surface area contributed by atoms with Gasteiger partial charge in [-0.25, -0.2) is 8.42 Å². The fraction of sp³-hybridized carbons (Fsp3) is 1.00. The van der Waals surface area contributed by atoms with E-state index in [2.05, 4.69) is 5.32 Å². The number of sulfone groups is 1. The minimum absolute atomic E-state index is 0.0510. The third-order valence-corrected chi connectivity index (χ3v) is 3.81. The molecular formula is C10H23NO3S. The van der Waals surface area contributed by atoms with Crippen LogP contribution < -0.4 is 5.32 Å². The summed E-state index contributed by atoms with van der Waals surface area (Å²) in [5, 5.41) is 12.7. The lowest BCUT2D eigenvalue weighted by Gasteiger charge is -2.22. The van der Waals surface area contributed by atoms with Crippen molar-refractivity contribution in [3.05, 3.63) is 0 Å². The van der Waals surface area contributed by atoms with Crippen molar-refractivity contribution in [1.29, 1.82) is 0 Å². The number of aliphatic hydroxyl groups excluding tert-OH is 1. The molecule has 0 aliphatic heterocycles. The number of aliphatic hydroxyl groups is 1. The van der Waals surface area contributed by atoms with Gasteiger partial charge in [-0.15, -0.1) is 0 Å². The third kappa shape index (κ3) is 8.84. The summed E-state index contributed by atoms with van der Waals surface area (Å²) in [7, 11) is -2.96. The number of nitrogens with one attached hydrogen (secondary N) is 1. The highest BCUT2D eigenvalue weighted by Gasteiger charge is 2.14. The SMILES string of the molecule is CCS(=O)(=O)CCC(O)CNC(C)(C)C. The van der Waals surface area contributed by atoms with E-state index in [4.69, 9.17) is 0 Å².